The highest BCUT2D eigenvalue weighted by Crippen LogP contribution is 2.23. The molecule has 2 aromatic carbocycles. The third-order valence-electron chi connectivity index (χ3n) is 3.26. The minimum Gasteiger partial charge on any atom is -0.497 e. The molecule has 24 heavy (non-hydrogen) atoms. The minimum absolute atomic E-state index is 0.243. The van der Waals surface area contributed by atoms with Crippen LogP contribution in [0.2, 0.25) is 0 Å². The van der Waals surface area contributed by atoms with Crippen LogP contribution in [0.15, 0.2) is 52.9 Å². The lowest BCUT2D eigenvalue weighted by Crippen LogP contribution is -2.18. The summed E-state index contributed by atoms with van der Waals surface area (Å²) in [7, 11) is 1.60. The zero-order valence-corrected chi connectivity index (χ0v) is 12.7. The Bertz CT molecular complexity index is 828. The number of hydrogen-bond donors (Lipinski definition) is 3. The number of nitrogens with one attached hydrogen (secondary N) is 2. The molecule has 122 valence electrons. The van der Waals surface area contributed by atoms with E-state index < -0.39 is 5.91 Å². The number of methoxy groups -OCH3 is 1. The molecule has 1 amide bonds. The van der Waals surface area contributed by atoms with Crippen LogP contribution in [0.1, 0.15) is 10.4 Å². The van der Waals surface area contributed by atoms with Crippen LogP contribution in [0.3, 0.4) is 0 Å². The van der Waals surface area contributed by atoms with Crippen LogP contribution in [-0.4, -0.2) is 28.4 Å². The van der Waals surface area contributed by atoms with Crippen molar-refractivity contribution < 1.29 is 19.2 Å². The first-order valence-corrected chi connectivity index (χ1v) is 6.99. The molecule has 0 fully saturated rings. The van der Waals surface area contributed by atoms with Crippen molar-refractivity contribution in [2.75, 3.05) is 12.4 Å². The molecule has 0 atom stereocenters. The Balaban J connectivity index is 1.73. The predicted molar refractivity (Wildman–Crippen MR) is 85.3 cm³/mol. The van der Waals surface area contributed by atoms with Gasteiger partial charge in [0.2, 0.25) is 5.89 Å². The van der Waals surface area contributed by atoms with Crippen molar-refractivity contribution in [3.05, 3.63) is 54.1 Å². The highest BCUT2D eigenvalue weighted by atomic mass is 16.5. The van der Waals surface area contributed by atoms with E-state index in [0.29, 0.717) is 17.0 Å². The zero-order valence-electron chi connectivity index (χ0n) is 12.7. The van der Waals surface area contributed by atoms with Crippen molar-refractivity contribution in [1.29, 1.82) is 0 Å². The lowest BCUT2D eigenvalue weighted by Gasteiger charge is -2.03. The van der Waals surface area contributed by atoms with Gasteiger partial charge in [-0.25, -0.2) is 5.48 Å². The smallest absolute Gasteiger partial charge is 0.320 e. The summed E-state index contributed by atoms with van der Waals surface area (Å²) in [5.41, 5.74) is 3.32. The average Bonchev–Trinajstić information content (AvgIpc) is 3.10. The minimum atomic E-state index is -0.589. The first-order valence-electron chi connectivity index (χ1n) is 6.99. The number of aromatic nitrogens is 2. The fraction of sp³-hybridized carbons (Fsp3) is 0.0625. The Kier molecular flexibility index (Phi) is 4.39. The molecule has 0 unspecified atom stereocenters. The van der Waals surface area contributed by atoms with E-state index in [1.54, 1.807) is 36.9 Å². The molecule has 0 aliphatic rings. The number of hydroxylamine groups is 1. The summed E-state index contributed by atoms with van der Waals surface area (Å²) < 4.78 is 10.6. The quantitative estimate of drug-likeness (QED) is 0.488. The number of amides is 1. The summed E-state index contributed by atoms with van der Waals surface area (Å²) in [6.07, 6.45) is 0. The van der Waals surface area contributed by atoms with Crippen LogP contribution in [0, 0.1) is 0 Å². The molecule has 3 aromatic rings. The van der Waals surface area contributed by atoms with Crippen LogP contribution in [-0.2, 0) is 0 Å². The molecule has 0 spiro atoms. The molecule has 8 heteroatoms. The van der Waals surface area contributed by atoms with Gasteiger partial charge in [0.1, 0.15) is 5.75 Å². The molecule has 1 heterocycles. The molecule has 0 aliphatic carbocycles. The van der Waals surface area contributed by atoms with Gasteiger partial charge >= 0.3 is 6.01 Å². The largest absolute Gasteiger partial charge is 0.497 e. The summed E-state index contributed by atoms with van der Waals surface area (Å²) in [6.45, 7) is 0. The van der Waals surface area contributed by atoms with E-state index in [2.05, 4.69) is 15.5 Å². The Labute approximate surface area is 137 Å². The standard InChI is InChI=1S/C16H14N4O4/c1-23-13-8-6-12(7-9-13)17-16-19-18-15(24-16)11-4-2-10(3-5-11)14(21)20-22/h2-9,22H,1H3,(H,17,19)(H,20,21). The number of rotatable bonds is 5. The van der Waals surface area contributed by atoms with Gasteiger partial charge in [0.05, 0.1) is 7.11 Å². The molecule has 3 N–H and O–H groups in total. The first kappa shape index (κ1) is 15.5. The average molecular weight is 326 g/mol. The molecule has 0 saturated heterocycles. The third kappa shape index (κ3) is 3.33. The van der Waals surface area contributed by atoms with Crippen molar-refractivity contribution in [2.24, 2.45) is 0 Å². The van der Waals surface area contributed by atoms with Gasteiger partial charge in [-0.15, -0.1) is 5.10 Å². The van der Waals surface area contributed by atoms with Crippen LogP contribution in [0.4, 0.5) is 11.7 Å². The topological polar surface area (TPSA) is 110 Å². The van der Waals surface area contributed by atoms with Crippen LogP contribution in [0.5, 0.6) is 5.75 Å². The monoisotopic (exact) mass is 326 g/mol. The van der Waals surface area contributed by atoms with Gasteiger partial charge in [-0.2, -0.15) is 0 Å². The van der Waals surface area contributed by atoms with Crippen molar-refractivity contribution in [3.63, 3.8) is 0 Å². The fourth-order valence-corrected chi connectivity index (χ4v) is 2.02. The van der Waals surface area contributed by atoms with Crippen molar-refractivity contribution >= 4 is 17.6 Å². The Morgan fingerprint density at radius 2 is 1.79 bits per heavy atom. The molecule has 1 aromatic heterocycles. The molecule has 0 saturated carbocycles. The van der Waals surface area contributed by atoms with Crippen LogP contribution in [0.25, 0.3) is 11.5 Å². The number of hydrogen-bond acceptors (Lipinski definition) is 7. The second-order valence-electron chi connectivity index (χ2n) is 4.78. The van der Waals surface area contributed by atoms with E-state index in [0.717, 1.165) is 11.4 Å². The van der Waals surface area contributed by atoms with E-state index in [1.807, 2.05) is 24.3 Å². The molecule has 0 bridgehead atoms. The van der Waals surface area contributed by atoms with Gasteiger partial charge in [-0.1, -0.05) is 5.10 Å². The Morgan fingerprint density at radius 1 is 1.08 bits per heavy atom. The number of carbonyl (C=O) groups is 1. The number of anilines is 2. The summed E-state index contributed by atoms with van der Waals surface area (Å²) in [5.74, 6) is 0.467. The van der Waals surface area contributed by atoms with Crippen LogP contribution < -0.4 is 15.5 Å². The normalized spacial score (nSPS) is 10.2. The maximum absolute atomic E-state index is 11.3. The number of benzene rings is 2. The zero-order chi connectivity index (χ0) is 16.9. The Morgan fingerprint density at radius 3 is 2.42 bits per heavy atom. The highest BCUT2D eigenvalue weighted by molar-refractivity contribution is 5.93. The van der Waals surface area contributed by atoms with E-state index in [1.165, 1.54) is 0 Å². The highest BCUT2D eigenvalue weighted by Gasteiger charge is 2.10. The van der Waals surface area contributed by atoms with Gasteiger partial charge in [0.25, 0.3) is 5.91 Å². The molecular formula is C16H14N4O4. The molecular weight excluding hydrogens is 312 g/mol. The lowest BCUT2D eigenvalue weighted by molar-refractivity contribution is 0.0706. The summed E-state index contributed by atoms with van der Waals surface area (Å²) in [6, 6.07) is 13.9. The number of carbonyl (C=O) groups excluding carboxylic acids is 1. The maximum Gasteiger partial charge on any atom is 0.320 e. The summed E-state index contributed by atoms with van der Waals surface area (Å²) >= 11 is 0. The van der Waals surface area contributed by atoms with E-state index in [-0.39, 0.29) is 6.01 Å². The van der Waals surface area contributed by atoms with Crippen molar-refractivity contribution in [1.82, 2.24) is 15.7 Å². The predicted octanol–water partition coefficient (Wildman–Crippen LogP) is 2.61. The van der Waals surface area contributed by atoms with E-state index in [4.69, 9.17) is 14.4 Å². The van der Waals surface area contributed by atoms with Crippen LogP contribution >= 0.6 is 0 Å². The fourth-order valence-electron chi connectivity index (χ4n) is 2.02. The van der Waals surface area contributed by atoms with Gasteiger partial charge in [0.15, 0.2) is 0 Å². The Hall–Kier alpha value is -3.39. The number of ether oxygens (including phenoxy) is 1. The third-order valence-corrected chi connectivity index (χ3v) is 3.26. The van der Waals surface area contributed by atoms with Gasteiger partial charge in [0, 0.05) is 16.8 Å². The summed E-state index contributed by atoms with van der Waals surface area (Å²) in [5, 5.41) is 19.5. The second-order valence-corrected chi connectivity index (χ2v) is 4.78. The second kappa shape index (κ2) is 6.80. The number of nitrogens with zero attached hydrogens (tertiary/aromatic N) is 2. The molecule has 3 rings (SSSR count). The van der Waals surface area contributed by atoms with E-state index >= 15 is 0 Å². The van der Waals surface area contributed by atoms with Gasteiger partial charge in [-0.3, -0.25) is 10.0 Å². The molecule has 8 nitrogen and oxygen atoms in total. The maximum atomic E-state index is 11.3. The molecule has 0 radical (unpaired) electrons. The SMILES string of the molecule is COc1ccc(Nc2nnc(-c3ccc(C(=O)NO)cc3)o2)cc1. The lowest BCUT2D eigenvalue weighted by atomic mass is 10.1. The molecule has 0 aliphatic heterocycles. The van der Waals surface area contributed by atoms with Gasteiger partial charge in [-0.05, 0) is 48.5 Å². The first-order chi connectivity index (χ1) is 11.7. The van der Waals surface area contributed by atoms with Crippen molar-refractivity contribution in [2.45, 2.75) is 0 Å². The van der Waals surface area contributed by atoms with E-state index in [9.17, 15) is 4.79 Å². The summed E-state index contributed by atoms with van der Waals surface area (Å²) in [4.78, 5) is 11.3. The van der Waals surface area contributed by atoms with Gasteiger partial charge < -0.3 is 14.5 Å². The van der Waals surface area contributed by atoms with Crippen molar-refractivity contribution in [3.8, 4) is 17.2 Å².